The maximum atomic E-state index is 13.5. The molecule has 6 rings (SSSR count). The van der Waals surface area contributed by atoms with Crippen LogP contribution >= 0.6 is 0 Å². The summed E-state index contributed by atoms with van der Waals surface area (Å²) in [4.78, 5) is 31.7. The molecule has 0 N–H and O–H groups in total. The number of aromatic nitrogens is 1. The van der Waals surface area contributed by atoms with Crippen LogP contribution in [0.15, 0.2) is 96.2 Å². The molecule has 0 radical (unpaired) electrons. The van der Waals surface area contributed by atoms with Gasteiger partial charge in [-0.3, -0.25) is 4.79 Å². The minimum Gasteiger partial charge on any atom is -0.341 e. The van der Waals surface area contributed by atoms with E-state index in [4.69, 9.17) is 4.84 Å². The molecule has 5 nitrogen and oxygen atoms in total. The van der Waals surface area contributed by atoms with Crippen LogP contribution in [-0.4, -0.2) is 22.0 Å². The lowest BCUT2D eigenvalue weighted by atomic mass is 9.95. The molecule has 212 valence electrons. The summed E-state index contributed by atoms with van der Waals surface area (Å²) in [5.74, 6) is 0.243. The maximum Gasteiger partial charge on any atom is 0.365 e. The van der Waals surface area contributed by atoms with E-state index in [1.165, 1.54) is 25.7 Å². The van der Waals surface area contributed by atoms with Gasteiger partial charge in [-0.25, -0.2) is 4.79 Å². The van der Waals surface area contributed by atoms with Gasteiger partial charge in [-0.15, -0.1) is 0 Å². The van der Waals surface area contributed by atoms with E-state index in [1.807, 2.05) is 61.5 Å². The van der Waals surface area contributed by atoms with Crippen LogP contribution in [0.5, 0.6) is 0 Å². The standard InChI is InChI=1S/C37H36N2O3/c1-3-39-34-21-18-28(33(20-17-26-12-8-9-13-26)38-42-37(41)27-14-5-4-6-15-27)23-31(34)32-24-29(19-22-35(32)39)36(40)30-16-10-7-11-25(30)2/h4-7,10-11,14-16,18-19,21-24,26H,3,8-9,12-13,17,20H2,1-2H3. The van der Waals surface area contributed by atoms with Gasteiger partial charge in [0.05, 0.1) is 11.3 Å². The summed E-state index contributed by atoms with van der Waals surface area (Å²) in [5, 5.41) is 6.54. The van der Waals surface area contributed by atoms with Crippen LogP contribution in [0.2, 0.25) is 0 Å². The van der Waals surface area contributed by atoms with Gasteiger partial charge < -0.3 is 9.40 Å². The number of hydrogen-bond acceptors (Lipinski definition) is 4. The number of rotatable bonds is 9. The molecule has 4 aromatic carbocycles. The van der Waals surface area contributed by atoms with Crippen molar-refractivity contribution in [3.05, 3.63) is 119 Å². The highest BCUT2D eigenvalue weighted by molar-refractivity contribution is 6.16. The van der Waals surface area contributed by atoms with Crippen LogP contribution in [0.3, 0.4) is 0 Å². The van der Waals surface area contributed by atoms with Crippen LogP contribution in [0, 0.1) is 12.8 Å². The van der Waals surface area contributed by atoms with Gasteiger partial charge in [0, 0.05) is 45.0 Å². The third kappa shape index (κ3) is 5.52. The van der Waals surface area contributed by atoms with Crippen molar-refractivity contribution < 1.29 is 14.4 Å². The van der Waals surface area contributed by atoms with E-state index < -0.39 is 5.97 Å². The van der Waals surface area contributed by atoms with Crippen molar-refractivity contribution in [2.24, 2.45) is 11.1 Å². The Morgan fingerprint density at radius 3 is 2.14 bits per heavy atom. The highest BCUT2D eigenvalue weighted by Gasteiger charge is 2.20. The zero-order valence-electron chi connectivity index (χ0n) is 24.3. The first kappa shape index (κ1) is 27.6. The number of hydrogen-bond donors (Lipinski definition) is 0. The SMILES string of the molecule is CCn1c2ccc(C(=O)c3ccccc3C)cc2c2cc(C(CCC3CCCC3)=NOC(=O)c3ccccc3)ccc21. The van der Waals surface area contributed by atoms with Crippen LogP contribution in [0.25, 0.3) is 21.8 Å². The van der Waals surface area contributed by atoms with Gasteiger partial charge in [0.2, 0.25) is 0 Å². The van der Waals surface area contributed by atoms with Gasteiger partial charge in [0.25, 0.3) is 0 Å². The molecule has 0 bridgehead atoms. The Bertz CT molecular complexity index is 1790. The molecule has 1 heterocycles. The molecule has 1 aliphatic carbocycles. The van der Waals surface area contributed by atoms with Crippen molar-refractivity contribution >= 4 is 39.3 Å². The van der Waals surface area contributed by atoms with E-state index in [-0.39, 0.29) is 5.78 Å². The first-order valence-electron chi connectivity index (χ1n) is 15.0. The fourth-order valence-electron chi connectivity index (χ4n) is 6.35. The number of nitrogens with zero attached hydrogens (tertiary/aromatic N) is 2. The molecule has 0 unspecified atom stereocenters. The van der Waals surface area contributed by atoms with Gasteiger partial charge >= 0.3 is 5.97 Å². The summed E-state index contributed by atoms with van der Waals surface area (Å²) >= 11 is 0. The van der Waals surface area contributed by atoms with Crippen LogP contribution in [-0.2, 0) is 11.4 Å². The molecule has 0 atom stereocenters. The lowest BCUT2D eigenvalue weighted by Crippen LogP contribution is -2.08. The van der Waals surface area contributed by atoms with Crippen LogP contribution < -0.4 is 0 Å². The van der Waals surface area contributed by atoms with E-state index >= 15 is 0 Å². The lowest BCUT2D eigenvalue weighted by molar-refractivity contribution is 0.0515. The van der Waals surface area contributed by atoms with Crippen molar-refractivity contribution in [3.8, 4) is 0 Å². The Hall–Kier alpha value is -4.51. The smallest absolute Gasteiger partial charge is 0.341 e. The molecular weight excluding hydrogens is 520 g/mol. The highest BCUT2D eigenvalue weighted by Crippen LogP contribution is 2.33. The molecule has 5 heteroatoms. The largest absolute Gasteiger partial charge is 0.365 e. The molecule has 0 saturated heterocycles. The predicted molar refractivity (Wildman–Crippen MR) is 169 cm³/mol. The fraction of sp³-hybridized carbons (Fsp3) is 0.270. The Morgan fingerprint density at radius 2 is 1.45 bits per heavy atom. The van der Waals surface area contributed by atoms with E-state index in [0.717, 1.165) is 63.6 Å². The fourth-order valence-corrected chi connectivity index (χ4v) is 6.35. The van der Waals surface area contributed by atoms with Gasteiger partial charge in [-0.2, -0.15) is 0 Å². The third-order valence-electron chi connectivity index (χ3n) is 8.68. The topological polar surface area (TPSA) is 60.7 Å². The summed E-state index contributed by atoms with van der Waals surface area (Å²) < 4.78 is 2.28. The maximum absolute atomic E-state index is 13.5. The average Bonchev–Trinajstić information content (AvgIpc) is 3.66. The Labute approximate surface area is 246 Å². The zero-order valence-corrected chi connectivity index (χ0v) is 24.3. The van der Waals surface area contributed by atoms with Crippen molar-refractivity contribution in [2.45, 2.75) is 58.9 Å². The number of ketones is 1. The average molecular weight is 557 g/mol. The first-order chi connectivity index (χ1) is 20.5. The van der Waals surface area contributed by atoms with Crippen molar-refractivity contribution in [1.82, 2.24) is 4.57 Å². The zero-order chi connectivity index (χ0) is 29.1. The molecule has 1 aliphatic rings. The quantitative estimate of drug-likeness (QED) is 0.0788. The van der Waals surface area contributed by atoms with Gasteiger partial charge in [0.1, 0.15) is 0 Å². The number of benzene rings is 4. The second-order valence-corrected chi connectivity index (χ2v) is 11.3. The van der Waals surface area contributed by atoms with Crippen LogP contribution in [0.4, 0.5) is 0 Å². The number of aryl methyl sites for hydroxylation is 2. The molecule has 0 spiro atoms. The van der Waals surface area contributed by atoms with Gasteiger partial charge in [0.15, 0.2) is 5.78 Å². The number of carbonyl (C=O) groups excluding carboxylic acids is 2. The van der Waals surface area contributed by atoms with Crippen LogP contribution in [0.1, 0.15) is 82.9 Å². The summed E-state index contributed by atoms with van der Waals surface area (Å²) in [7, 11) is 0. The third-order valence-corrected chi connectivity index (χ3v) is 8.68. The van der Waals surface area contributed by atoms with E-state index in [0.29, 0.717) is 17.0 Å². The van der Waals surface area contributed by atoms with Gasteiger partial charge in [-0.1, -0.05) is 79.4 Å². The van der Waals surface area contributed by atoms with Crippen molar-refractivity contribution in [1.29, 1.82) is 0 Å². The Morgan fingerprint density at radius 1 is 0.810 bits per heavy atom. The second kappa shape index (κ2) is 12.2. The minimum absolute atomic E-state index is 0.0233. The summed E-state index contributed by atoms with van der Waals surface area (Å²) in [6, 6.07) is 29.1. The number of oxime groups is 1. The molecule has 0 aliphatic heterocycles. The Kier molecular flexibility index (Phi) is 8.00. The number of carbonyl (C=O) groups is 2. The molecule has 1 fully saturated rings. The summed E-state index contributed by atoms with van der Waals surface area (Å²) in [6.07, 6.45) is 6.82. The monoisotopic (exact) mass is 556 g/mol. The normalized spacial score (nSPS) is 14.1. The summed E-state index contributed by atoms with van der Waals surface area (Å²) in [6.45, 7) is 4.91. The van der Waals surface area contributed by atoms with Crippen molar-refractivity contribution in [2.75, 3.05) is 0 Å². The Balaban J connectivity index is 1.40. The second-order valence-electron chi connectivity index (χ2n) is 11.3. The predicted octanol–water partition coefficient (Wildman–Crippen LogP) is 8.89. The van der Waals surface area contributed by atoms with Gasteiger partial charge in [-0.05, 0) is 80.6 Å². The highest BCUT2D eigenvalue weighted by atomic mass is 16.7. The van der Waals surface area contributed by atoms with E-state index in [9.17, 15) is 9.59 Å². The molecule has 5 aromatic rings. The number of fused-ring (bicyclic) bond motifs is 3. The molecule has 1 saturated carbocycles. The summed E-state index contributed by atoms with van der Waals surface area (Å²) in [5.41, 5.74) is 6.74. The molecule has 1 aromatic heterocycles. The lowest BCUT2D eigenvalue weighted by Gasteiger charge is -2.11. The first-order valence-corrected chi connectivity index (χ1v) is 15.0. The van der Waals surface area contributed by atoms with E-state index in [1.54, 1.807) is 12.1 Å². The molecular formula is C37H36N2O3. The minimum atomic E-state index is -0.461. The van der Waals surface area contributed by atoms with Crippen molar-refractivity contribution in [3.63, 3.8) is 0 Å². The van der Waals surface area contributed by atoms with E-state index in [2.05, 4.69) is 40.9 Å². The molecule has 0 amide bonds. The molecule has 42 heavy (non-hydrogen) atoms.